The number of hydrogen-bond acceptors (Lipinski definition) is 1. The van der Waals surface area contributed by atoms with Crippen LogP contribution in [0, 0.1) is 10.8 Å². The van der Waals surface area contributed by atoms with E-state index in [1.165, 1.54) is 12.8 Å². The molecule has 1 spiro atoms. The van der Waals surface area contributed by atoms with E-state index in [9.17, 15) is 4.79 Å². The van der Waals surface area contributed by atoms with E-state index in [0.717, 1.165) is 25.7 Å². The molecule has 0 unspecified atom stereocenters. The van der Waals surface area contributed by atoms with Gasteiger partial charge in [0.25, 0.3) is 0 Å². The molecule has 0 aliphatic heterocycles. The van der Waals surface area contributed by atoms with E-state index < -0.39 is 11.4 Å². The van der Waals surface area contributed by atoms with E-state index in [2.05, 4.69) is 0 Å². The van der Waals surface area contributed by atoms with Gasteiger partial charge in [-0.15, -0.1) is 0 Å². The van der Waals surface area contributed by atoms with Gasteiger partial charge in [0.15, 0.2) is 0 Å². The maximum absolute atomic E-state index is 10.9. The summed E-state index contributed by atoms with van der Waals surface area (Å²) >= 11 is 0. The summed E-state index contributed by atoms with van der Waals surface area (Å²) in [5.41, 5.74) is 0.197. The Morgan fingerprint density at radius 3 is 1.83 bits per heavy atom. The molecule has 12 heavy (non-hydrogen) atoms. The molecule has 0 amide bonds. The average Bonchev–Trinajstić information content (AvgIpc) is 2.77. The van der Waals surface area contributed by atoms with Crippen molar-refractivity contribution in [1.82, 2.24) is 0 Å². The van der Waals surface area contributed by atoms with Gasteiger partial charge in [-0.25, -0.2) is 0 Å². The van der Waals surface area contributed by atoms with Crippen LogP contribution in [0.5, 0.6) is 0 Å². The summed E-state index contributed by atoms with van der Waals surface area (Å²) < 4.78 is 0. The van der Waals surface area contributed by atoms with Crippen molar-refractivity contribution in [3.8, 4) is 0 Å². The Hall–Kier alpha value is -0.530. The van der Waals surface area contributed by atoms with Crippen LogP contribution in [0.15, 0.2) is 0 Å². The van der Waals surface area contributed by atoms with Crippen molar-refractivity contribution in [2.45, 2.75) is 45.4 Å². The van der Waals surface area contributed by atoms with Crippen LogP contribution in [0.2, 0.25) is 0 Å². The summed E-state index contributed by atoms with van der Waals surface area (Å²) in [6.07, 6.45) is 6.78. The third-order valence-electron chi connectivity index (χ3n) is 3.89. The van der Waals surface area contributed by atoms with Gasteiger partial charge in [0.05, 0.1) is 5.41 Å². The molecule has 0 aromatic heterocycles. The summed E-state index contributed by atoms with van der Waals surface area (Å²) in [6, 6.07) is 0. The Morgan fingerprint density at radius 2 is 1.50 bits per heavy atom. The van der Waals surface area contributed by atoms with Gasteiger partial charge in [-0.3, -0.25) is 4.79 Å². The van der Waals surface area contributed by atoms with Gasteiger partial charge in [0.2, 0.25) is 0 Å². The minimum absolute atomic E-state index is 0.409. The summed E-state index contributed by atoms with van der Waals surface area (Å²) in [4.78, 5) is 10.9. The quantitative estimate of drug-likeness (QED) is 0.653. The summed E-state index contributed by atoms with van der Waals surface area (Å²) in [7, 11) is 0. The van der Waals surface area contributed by atoms with Gasteiger partial charge < -0.3 is 5.11 Å². The van der Waals surface area contributed by atoms with Crippen LogP contribution in [0.25, 0.3) is 0 Å². The molecule has 2 aliphatic rings. The van der Waals surface area contributed by atoms with Crippen LogP contribution in [-0.4, -0.2) is 11.1 Å². The topological polar surface area (TPSA) is 37.3 Å². The van der Waals surface area contributed by atoms with E-state index in [1.54, 1.807) is 0 Å². The molecule has 0 saturated heterocycles. The molecule has 0 atom stereocenters. The first kappa shape index (κ1) is 8.09. The molecule has 2 nitrogen and oxygen atoms in total. The highest BCUT2D eigenvalue weighted by atomic mass is 16.4. The average molecular weight is 168 g/mol. The van der Waals surface area contributed by atoms with Crippen LogP contribution < -0.4 is 0 Å². The molecule has 2 fully saturated rings. The van der Waals surface area contributed by atoms with Crippen molar-refractivity contribution in [2.24, 2.45) is 10.8 Å². The SMILES string of the molecule is CC1(C(=O)O)CCC2(CC2)CC1. The highest BCUT2D eigenvalue weighted by Crippen LogP contribution is 2.59. The molecule has 68 valence electrons. The molecule has 0 heterocycles. The van der Waals surface area contributed by atoms with E-state index in [1.807, 2.05) is 6.92 Å². The number of aliphatic carboxylic acids is 1. The highest BCUT2D eigenvalue weighted by Gasteiger charge is 2.49. The van der Waals surface area contributed by atoms with Gasteiger partial charge in [0, 0.05) is 0 Å². The third kappa shape index (κ3) is 1.13. The minimum atomic E-state index is -0.599. The standard InChI is InChI=1S/C10H16O2/c1-9(8(11)12)2-4-10(5-3-9)6-7-10/h2-7H2,1H3,(H,11,12). The normalized spacial score (nSPS) is 30.1. The lowest BCUT2D eigenvalue weighted by Gasteiger charge is -2.33. The molecule has 0 aromatic carbocycles. The molecule has 0 radical (unpaired) electrons. The maximum atomic E-state index is 10.9. The first-order chi connectivity index (χ1) is 5.56. The Kier molecular flexibility index (Phi) is 1.51. The second-order valence-corrected chi connectivity index (χ2v) is 4.87. The number of carbonyl (C=O) groups is 1. The van der Waals surface area contributed by atoms with Crippen molar-refractivity contribution in [3.63, 3.8) is 0 Å². The summed E-state index contributed by atoms with van der Waals surface area (Å²) in [5.74, 6) is -0.599. The maximum Gasteiger partial charge on any atom is 0.309 e. The van der Waals surface area contributed by atoms with Crippen molar-refractivity contribution in [2.75, 3.05) is 0 Å². The smallest absolute Gasteiger partial charge is 0.309 e. The number of carboxylic acid groups (broad SMARTS) is 1. The Morgan fingerprint density at radius 1 is 1.08 bits per heavy atom. The molecular weight excluding hydrogens is 152 g/mol. The number of carboxylic acids is 1. The van der Waals surface area contributed by atoms with Crippen molar-refractivity contribution < 1.29 is 9.90 Å². The lowest BCUT2D eigenvalue weighted by atomic mass is 9.70. The zero-order valence-corrected chi connectivity index (χ0v) is 7.60. The van der Waals surface area contributed by atoms with Crippen LogP contribution in [0.1, 0.15) is 45.4 Å². The van der Waals surface area contributed by atoms with E-state index in [4.69, 9.17) is 5.11 Å². The summed E-state index contributed by atoms with van der Waals surface area (Å²) in [5, 5.41) is 8.99. The highest BCUT2D eigenvalue weighted by molar-refractivity contribution is 5.74. The van der Waals surface area contributed by atoms with Gasteiger partial charge in [-0.2, -0.15) is 0 Å². The van der Waals surface area contributed by atoms with E-state index >= 15 is 0 Å². The Bertz CT molecular complexity index is 206. The second-order valence-electron chi connectivity index (χ2n) is 4.87. The van der Waals surface area contributed by atoms with Crippen LogP contribution in [0.3, 0.4) is 0 Å². The van der Waals surface area contributed by atoms with Gasteiger partial charge in [-0.1, -0.05) is 0 Å². The lowest BCUT2D eigenvalue weighted by Crippen LogP contribution is -2.32. The Labute approximate surface area is 73.0 Å². The fourth-order valence-corrected chi connectivity index (χ4v) is 2.22. The van der Waals surface area contributed by atoms with E-state index in [0.29, 0.717) is 5.41 Å². The molecule has 2 saturated carbocycles. The molecule has 0 bridgehead atoms. The Balaban J connectivity index is 2.01. The predicted molar refractivity (Wildman–Crippen MR) is 45.9 cm³/mol. The van der Waals surface area contributed by atoms with Crippen molar-refractivity contribution >= 4 is 5.97 Å². The molecule has 2 rings (SSSR count). The molecule has 2 aliphatic carbocycles. The predicted octanol–water partition coefficient (Wildman–Crippen LogP) is 2.43. The van der Waals surface area contributed by atoms with Crippen molar-refractivity contribution in [1.29, 1.82) is 0 Å². The molecular formula is C10H16O2. The fourth-order valence-electron chi connectivity index (χ4n) is 2.22. The number of hydrogen-bond donors (Lipinski definition) is 1. The number of rotatable bonds is 1. The first-order valence-electron chi connectivity index (χ1n) is 4.80. The second kappa shape index (κ2) is 2.24. The summed E-state index contributed by atoms with van der Waals surface area (Å²) in [6.45, 7) is 1.89. The zero-order chi connectivity index (χ0) is 8.82. The lowest BCUT2D eigenvalue weighted by molar-refractivity contribution is -0.150. The fraction of sp³-hybridized carbons (Fsp3) is 0.900. The molecule has 0 aromatic rings. The van der Waals surface area contributed by atoms with E-state index in [-0.39, 0.29) is 0 Å². The van der Waals surface area contributed by atoms with Gasteiger partial charge in [0.1, 0.15) is 0 Å². The minimum Gasteiger partial charge on any atom is -0.481 e. The van der Waals surface area contributed by atoms with Gasteiger partial charge >= 0.3 is 5.97 Å². The monoisotopic (exact) mass is 168 g/mol. The zero-order valence-electron chi connectivity index (χ0n) is 7.60. The largest absolute Gasteiger partial charge is 0.481 e. The van der Waals surface area contributed by atoms with Crippen molar-refractivity contribution in [3.05, 3.63) is 0 Å². The van der Waals surface area contributed by atoms with Crippen LogP contribution >= 0.6 is 0 Å². The molecule has 2 heteroatoms. The first-order valence-corrected chi connectivity index (χ1v) is 4.80. The van der Waals surface area contributed by atoms with Crippen LogP contribution in [0.4, 0.5) is 0 Å². The molecule has 1 N–H and O–H groups in total. The third-order valence-corrected chi connectivity index (χ3v) is 3.89. The van der Waals surface area contributed by atoms with Crippen LogP contribution in [-0.2, 0) is 4.79 Å². The van der Waals surface area contributed by atoms with Gasteiger partial charge in [-0.05, 0) is 50.9 Å².